The molecule has 196 valence electrons. The lowest BCUT2D eigenvalue weighted by molar-refractivity contribution is 0.0920. The van der Waals surface area contributed by atoms with Crippen molar-refractivity contribution in [2.24, 2.45) is 4.99 Å². The molecule has 3 aliphatic heterocycles. The Morgan fingerprint density at radius 1 is 1.24 bits per heavy atom. The average Bonchev–Trinajstić information content (AvgIpc) is 2.94. The summed E-state index contributed by atoms with van der Waals surface area (Å²) in [6.07, 6.45) is 15.1. The van der Waals surface area contributed by atoms with Crippen molar-refractivity contribution < 1.29 is 4.39 Å². The van der Waals surface area contributed by atoms with Crippen molar-refractivity contribution in [3.63, 3.8) is 0 Å². The van der Waals surface area contributed by atoms with Gasteiger partial charge >= 0.3 is 0 Å². The fraction of sp³-hybridized carbons (Fsp3) is 0.467. The number of hydrogen-bond acceptors (Lipinski definition) is 6. The molecule has 0 spiro atoms. The number of guanidine groups is 1. The second-order valence-corrected chi connectivity index (χ2v) is 11.1. The van der Waals surface area contributed by atoms with Gasteiger partial charge in [-0.1, -0.05) is 37.4 Å². The molecule has 2 fully saturated rings. The zero-order valence-corrected chi connectivity index (χ0v) is 23.0. The van der Waals surface area contributed by atoms with Crippen molar-refractivity contribution in [2.45, 2.75) is 51.6 Å². The fourth-order valence-electron chi connectivity index (χ4n) is 4.64. The van der Waals surface area contributed by atoms with Gasteiger partial charge in [-0.3, -0.25) is 0 Å². The molecular weight excluding hydrogens is 481 g/mol. The first kappa shape index (κ1) is 28.4. The molecule has 7 heteroatoms. The Morgan fingerprint density at radius 3 is 2.54 bits per heavy atom. The molecule has 37 heavy (non-hydrogen) atoms. The van der Waals surface area contributed by atoms with Crippen LogP contribution >= 0.6 is 11.8 Å². The van der Waals surface area contributed by atoms with Crippen molar-refractivity contribution >= 4 is 17.7 Å². The second kappa shape index (κ2) is 12.9. The van der Waals surface area contributed by atoms with Crippen LogP contribution in [-0.4, -0.2) is 65.6 Å². The molecule has 0 aromatic carbocycles. The van der Waals surface area contributed by atoms with Crippen LogP contribution in [0.2, 0.25) is 0 Å². The summed E-state index contributed by atoms with van der Waals surface area (Å²) in [5.74, 6) is 3.30. The first-order valence-electron chi connectivity index (χ1n) is 12.9. The summed E-state index contributed by atoms with van der Waals surface area (Å²) in [5, 5.41) is 9.71. The summed E-state index contributed by atoms with van der Waals surface area (Å²) >= 11 is 1.53. The van der Waals surface area contributed by atoms with E-state index in [1.165, 1.54) is 24.3 Å². The van der Waals surface area contributed by atoms with Crippen LogP contribution in [0, 0.1) is 23.7 Å². The highest BCUT2D eigenvalue weighted by atomic mass is 32.2. The van der Waals surface area contributed by atoms with Crippen LogP contribution in [-0.2, 0) is 0 Å². The monoisotopic (exact) mass is 519 g/mol. The minimum Gasteiger partial charge on any atom is -0.371 e. The number of rotatable bonds is 5. The van der Waals surface area contributed by atoms with Crippen molar-refractivity contribution in [1.82, 2.24) is 14.7 Å². The Bertz CT molecular complexity index is 1110. The molecular formula is C30H38FN5S. The molecule has 0 aliphatic carbocycles. The lowest BCUT2D eigenvalue weighted by atomic mass is 9.95. The van der Waals surface area contributed by atoms with Crippen LogP contribution in [0.5, 0.6) is 0 Å². The van der Waals surface area contributed by atoms with Crippen molar-refractivity contribution in [2.75, 3.05) is 39.3 Å². The summed E-state index contributed by atoms with van der Waals surface area (Å²) in [6.45, 7) is 20.8. The maximum absolute atomic E-state index is 14.4. The maximum atomic E-state index is 14.4. The van der Waals surface area contributed by atoms with Crippen molar-refractivity contribution in [3.8, 4) is 18.4 Å². The first-order valence-corrected chi connectivity index (χ1v) is 13.7. The van der Waals surface area contributed by atoms with Crippen LogP contribution in [0.25, 0.3) is 0 Å². The Hall–Kier alpha value is -3.16. The number of allylic oxidation sites excluding steroid dienone is 3. The molecule has 0 bridgehead atoms. The number of aliphatic imine (C=N–C) groups is 1. The minimum atomic E-state index is -1.12. The topological polar surface area (TPSA) is 45.9 Å². The van der Waals surface area contributed by atoms with Gasteiger partial charge in [0.05, 0.1) is 23.9 Å². The molecule has 0 radical (unpaired) electrons. The molecule has 0 aromatic rings. The fourth-order valence-corrected chi connectivity index (χ4v) is 5.53. The van der Waals surface area contributed by atoms with Gasteiger partial charge in [0, 0.05) is 48.2 Å². The minimum absolute atomic E-state index is 0.447. The van der Waals surface area contributed by atoms with Crippen LogP contribution in [0.1, 0.15) is 46.0 Å². The number of hydrogen-bond donors (Lipinski definition) is 0. The van der Waals surface area contributed by atoms with E-state index in [1.54, 1.807) is 13.0 Å². The number of alkyl halides is 1. The maximum Gasteiger partial charge on any atom is 0.201 e. The second-order valence-electron chi connectivity index (χ2n) is 9.97. The van der Waals surface area contributed by atoms with Crippen LogP contribution in [0.3, 0.4) is 0 Å². The number of thioether (sulfide) groups is 1. The molecule has 0 unspecified atom stereocenters. The van der Waals surface area contributed by atoms with Gasteiger partial charge in [-0.15, -0.1) is 6.42 Å². The lowest BCUT2D eigenvalue weighted by Gasteiger charge is -2.38. The van der Waals surface area contributed by atoms with E-state index in [1.807, 2.05) is 6.92 Å². The number of halogens is 1. The van der Waals surface area contributed by atoms with E-state index in [0.717, 1.165) is 58.7 Å². The molecule has 0 saturated carbocycles. The van der Waals surface area contributed by atoms with Gasteiger partial charge in [0.15, 0.2) is 0 Å². The Labute approximate surface area is 226 Å². The molecule has 0 N–H and O–H groups in total. The van der Waals surface area contributed by atoms with Crippen LogP contribution < -0.4 is 0 Å². The summed E-state index contributed by atoms with van der Waals surface area (Å²) in [5.41, 5.74) is 1.89. The van der Waals surface area contributed by atoms with Gasteiger partial charge in [0.25, 0.3) is 0 Å². The quantitative estimate of drug-likeness (QED) is 0.247. The van der Waals surface area contributed by atoms with E-state index in [9.17, 15) is 9.65 Å². The van der Waals surface area contributed by atoms with Crippen LogP contribution in [0.4, 0.5) is 4.39 Å². The van der Waals surface area contributed by atoms with Gasteiger partial charge in [-0.2, -0.15) is 5.26 Å². The zero-order chi connectivity index (χ0) is 27.0. The van der Waals surface area contributed by atoms with E-state index < -0.39 is 5.67 Å². The number of terminal acetylenes is 1. The highest BCUT2D eigenvalue weighted by Gasteiger charge is 2.31. The van der Waals surface area contributed by atoms with E-state index in [2.05, 4.69) is 52.5 Å². The van der Waals surface area contributed by atoms with Gasteiger partial charge in [0.1, 0.15) is 5.67 Å². The Morgan fingerprint density at radius 2 is 1.92 bits per heavy atom. The molecule has 0 atom stereocenters. The van der Waals surface area contributed by atoms with E-state index >= 15 is 0 Å². The average molecular weight is 520 g/mol. The van der Waals surface area contributed by atoms with Crippen molar-refractivity contribution in [3.05, 3.63) is 70.3 Å². The standard InChI is InChI=1S/C30H38FN5S/c1-7-8-12-27(21-32)23(2)22-36-24(3)26(5)37-28(25(4)34-19-14-30(6,31)15-20-34)13-16-33-29(36)35-17-10-9-11-18-35/h1,8,12-13H,3-5,9-11,14-20,22H2,2,6H3/b12-8-,27-23-,28-13-,33-29-. The van der Waals surface area contributed by atoms with E-state index in [-0.39, 0.29) is 0 Å². The molecule has 3 aliphatic rings. The molecule has 0 amide bonds. The smallest absolute Gasteiger partial charge is 0.201 e. The van der Waals surface area contributed by atoms with Gasteiger partial charge in [-0.05, 0) is 69.8 Å². The Kier molecular flexibility index (Phi) is 9.89. The third kappa shape index (κ3) is 7.43. The van der Waals surface area contributed by atoms with E-state index in [0.29, 0.717) is 44.6 Å². The largest absolute Gasteiger partial charge is 0.371 e. The summed E-state index contributed by atoms with van der Waals surface area (Å²) in [6, 6.07) is 2.26. The number of piperidine rings is 2. The lowest BCUT2D eigenvalue weighted by Crippen LogP contribution is -2.47. The first-order chi connectivity index (χ1) is 17.7. The number of nitriles is 1. The van der Waals surface area contributed by atoms with Crippen molar-refractivity contribution in [1.29, 1.82) is 5.26 Å². The summed E-state index contributed by atoms with van der Waals surface area (Å²) in [7, 11) is 0. The van der Waals surface area contributed by atoms with Gasteiger partial charge in [-0.25, -0.2) is 9.38 Å². The predicted octanol–water partition coefficient (Wildman–Crippen LogP) is 6.16. The Balaban J connectivity index is 1.92. The normalized spacial score (nSPS) is 24.5. The van der Waals surface area contributed by atoms with Gasteiger partial charge < -0.3 is 14.7 Å². The van der Waals surface area contributed by atoms with Gasteiger partial charge in [0.2, 0.25) is 5.96 Å². The third-order valence-corrected chi connectivity index (χ3v) is 8.17. The summed E-state index contributed by atoms with van der Waals surface area (Å²) in [4.78, 5) is 13.3. The molecule has 3 rings (SSSR count). The SMILES string of the molecule is C#C/C=C\C(C#N)=C(/C)CN1C(=C)C(=C)S/C(C(=C)N2CCC(C)(F)CC2)=C\C/N=C\1N1CCCCC1. The highest BCUT2D eigenvalue weighted by Crippen LogP contribution is 2.38. The highest BCUT2D eigenvalue weighted by molar-refractivity contribution is 8.07. The zero-order valence-electron chi connectivity index (χ0n) is 22.2. The number of likely N-dealkylation sites (tertiary alicyclic amines) is 2. The molecule has 2 saturated heterocycles. The summed E-state index contributed by atoms with van der Waals surface area (Å²) < 4.78 is 14.4. The number of nitrogens with zero attached hydrogens (tertiary/aromatic N) is 5. The van der Waals surface area contributed by atoms with E-state index in [4.69, 9.17) is 11.4 Å². The predicted molar refractivity (Wildman–Crippen MR) is 154 cm³/mol. The third-order valence-electron chi connectivity index (χ3n) is 7.06. The molecule has 3 heterocycles. The molecule has 0 aromatic heterocycles. The van der Waals surface area contributed by atoms with Crippen LogP contribution in [0.15, 0.2) is 75.3 Å². The molecule has 5 nitrogen and oxygen atoms in total.